The standard InChI is InChI=1S/C13H10ClNO2/c14-11-3-1-2-10(6-11)4-5-12-7-13(17-15-12)8-16-9-13/h1-3,6H,7-9H2. The van der Waals surface area contributed by atoms with Gasteiger partial charge in [0.25, 0.3) is 0 Å². The van der Waals surface area contributed by atoms with E-state index in [0.717, 1.165) is 17.7 Å². The van der Waals surface area contributed by atoms with Gasteiger partial charge in [0.15, 0.2) is 5.60 Å². The Balaban J connectivity index is 1.72. The van der Waals surface area contributed by atoms with Crippen molar-refractivity contribution in [3.05, 3.63) is 34.9 Å². The maximum Gasteiger partial charge on any atom is 0.190 e. The third-order valence-electron chi connectivity index (χ3n) is 2.75. The number of halogens is 1. The summed E-state index contributed by atoms with van der Waals surface area (Å²) in [5.74, 6) is 6.04. The van der Waals surface area contributed by atoms with Gasteiger partial charge in [-0.2, -0.15) is 0 Å². The summed E-state index contributed by atoms with van der Waals surface area (Å²) in [6, 6.07) is 7.44. The van der Waals surface area contributed by atoms with Gasteiger partial charge in [-0.05, 0) is 24.1 Å². The van der Waals surface area contributed by atoms with Gasteiger partial charge in [0, 0.05) is 17.0 Å². The lowest BCUT2D eigenvalue weighted by atomic mass is 9.96. The van der Waals surface area contributed by atoms with Crippen LogP contribution in [0.15, 0.2) is 29.4 Å². The Bertz CT molecular complexity index is 538. The van der Waals surface area contributed by atoms with Crippen molar-refractivity contribution in [2.45, 2.75) is 12.0 Å². The van der Waals surface area contributed by atoms with Gasteiger partial charge < -0.3 is 9.57 Å². The average Bonchev–Trinajstić information content (AvgIpc) is 2.71. The van der Waals surface area contributed by atoms with Crippen LogP contribution < -0.4 is 0 Å². The molecular formula is C13H10ClNO2. The summed E-state index contributed by atoms with van der Waals surface area (Å²) < 4.78 is 5.12. The molecule has 2 aliphatic heterocycles. The number of oxime groups is 1. The quantitative estimate of drug-likeness (QED) is 0.659. The first-order valence-electron chi connectivity index (χ1n) is 5.36. The Morgan fingerprint density at radius 2 is 2.18 bits per heavy atom. The summed E-state index contributed by atoms with van der Waals surface area (Å²) in [5.41, 5.74) is 1.43. The number of hydrogen-bond donors (Lipinski definition) is 0. The fraction of sp³-hybridized carbons (Fsp3) is 0.308. The Kier molecular flexibility index (Phi) is 2.54. The molecule has 1 fully saturated rings. The second-order valence-corrected chi connectivity index (χ2v) is 4.68. The van der Waals surface area contributed by atoms with Gasteiger partial charge in [-0.25, -0.2) is 0 Å². The molecule has 4 heteroatoms. The third-order valence-corrected chi connectivity index (χ3v) is 2.98. The van der Waals surface area contributed by atoms with Gasteiger partial charge in [0.1, 0.15) is 5.71 Å². The Morgan fingerprint density at radius 3 is 2.82 bits per heavy atom. The van der Waals surface area contributed by atoms with Gasteiger partial charge in [-0.1, -0.05) is 28.7 Å². The number of ether oxygens (including phenoxy) is 1. The fourth-order valence-electron chi connectivity index (χ4n) is 1.78. The smallest absolute Gasteiger partial charge is 0.190 e. The molecule has 0 atom stereocenters. The largest absolute Gasteiger partial charge is 0.383 e. The first kappa shape index (κ1) is 10.6. The SMILES string of the molecule is Clc1cccc(C#CC2=NOC3(COC3)C2)c1. The molecular weight excluding hydrogens is 238 g/mol. The van der Waals surface area contributed by atoms with Crippen molar-refractivity contribution in [2.24, 2.45) is 5.16 Å². The van der Waals surface area contributed by atoms with E-state index in [1.165, 1.54) is 0 Å². The predicted octanol–water partition coefficient (Wildman–Crippen LogP) is 2.24. The molecule has 3 nitrogen and oxygen atoms in total. The van der Waals surface area contributed by atoms with E-state index < -0.39 is 0 Å². The minimum absolute atomic E-state index is 0.224. The van der Waals surface area contributed by atoms with Crippen LogP contribution in [0.25, 0.3) is 0 Å². The minimum atomic E-state index is -0.224. The van der Waals surface area contributed by atoms with Crippen LogP contribution in [0.3, 0.4) is 0 Å². The molecule has 2 aliphatic rings. The van der Waals surface area contributed by atoms with E-state index >= 15 is 0 Å². The van der Waals surface area contributed by atoms with E-state index in [2.05, 4.69) is 17.0 Å². The van der Waals surface area contributed by atoms with Crippen LogP contribution in [-0.2, 0) is 9.57 Å². The number of nitrogens with zero attached hydrogens (tertiary/aromatic N) is 1. The molecule has 0 N–H and O–H groups in total. The molecule has 0 aromatic heterocycles. The van der Waals surface area contributed by atoms with Gasteiger partial charge in [-0.15, -0.1) is 0 Å². The van der Waals surface area contributed by atoms with Crippen LogP contribution in [0, 0.1) is 11.8 Å². The monoisotopic (exact) mass is 247 g/mol. The Hall–Kier alpha value is -1.50. The van der Waals surface area contributed by atoms with Crippen molar-refractivity contribution >= 4 is 17.3 Å². The molecule has 0 amide bonds. The summed E-state index contributed by atoms with van der Waals surface area (Å²) in [7, 11) is 0. The number of rotatable bonds is 0. The lowest BCUT2D eigenvalue weighted by Gasteiger charge is -2.34. The molecule has 1 spiro atoms. The highest BCUT2D eigenvalue weighted by molar-refractivity contribution is 6.30. The van der Waals surface area contributed by atoms with Gasteiger partial charge in [0.2, 0.25) is 0 Å². The molecule has 17 heavy (non-hydrogen) atoms. The van der Waals surface area contributed by atoms with Crippen molar-refractivity contribution in [1.29, 1.82) is 0 Å². The molecule has 0 saturated carbocycles. The molecule has 1 saturated heterocycles. The molecule has 0 unspecified atom stereocenters. The van der Waals surface area contributed by atoms with E-state index in [0.29, 0.717) is 18.2 Å². The van der Waals surface area contributed by atoms with Crippen LogP contribution in [0.4, 0.5) is 0 Å². The van der Waals surface area contributed by atoms with E-state index in [4.69, 9.17) is 21.2 Å². The highest BCUT2D eigenvalue weighted by Gasteiger charge is 2.46. The van der Waals surface area contributed by atoms with Gasteiger partial charge >= 0.3 is 0 Å². The van der Waals surface area contributed by atoms with Gasteiger partial charge in [0.05, 0.1) is 13.2 Å². The van der Waals surface area contributed by atoms with Crippen LogP contribution in [0.2, 0.25) is 5.02 Å². The lowest BCUT2D eigenvalue weighted by molar-refractivity contribution is -0.194. The number of benzene rings is 1. The van der Waals surface area contributed by atoms with E-state index in [1.54, 1.807) is 0 Å². The van der Waals surface area contributed by atoms with Crippen LogP contribution in [-0.4, -0.2) is 24.5 Å². The van der Waals surface area contributed by atoms with Crippen LogP contribution >= 0.6 is 11.6 Å². The summed E-state index contributed by atoms with van der Waals surface area (Å²) in [5, 5.41) is 4.66. The summed E-state index contributed by atoms with van der Waals surface area (Å²) in [4.78, 5) is 5.34. The third kappa shape index (κ3) is 2.14. The average molecular weight is 248 g/mol. The van der Waals surface area contributed by atoms with Crippen LogP contribution in [0.5, 0.6) is 0 Å². The maximum absolute atomic E-state index is 5.88. The van der Waals surface area contributed by atoms with Crippen LogP contribution in [0.1, 0.15) is 12.0 Å². The van der Waals surface area contributed by atoms with Crippen molar-refractivity contribution in [2.75, 3.05) is 13.2 Å². The Morgan fingerprint density at radius 1 is 1.29 bits per heavy atom. The summed E-state index contributed by atoms with van der Waals surface area (Å²) in [6.45, 7) is 1.22. The first-order chi connectivity index (χ1) is 8.26. The molecule has 0 aliphatic carbocycles. The highest BCUT2D eigenvalue weighted by atomic mass is 35.5. The summed E-state index contributed by atoms with van der Waals surface area (Å²) >= 11 is 5.88. The van der Waals surface area contributed by atoms with Gasteiger partial charge in [-0.3, -0.25) is 0 Å². The zero-order valence-electron chi connectivity index (χ0n) is 9.07. The predicted molar refractivity (Wildman–Crippen MR) is 65.0 cm³/mol. The first-order valence-corrected chi connectivity index (χ1v) is 5.74. The molecule has 86 valence electrons. The molecule has 0 radical (unpaired) electrons. The molecule has 1 aromatic carbocycles. The molecule has 1 aromatic rings. The normalized spacial score (nSPS) is 19.9. The molecule has 3 rings (SSSR count). The Labute approximate surface area is 104 Å². The topological polar surface area (TPSA) is 30.8 Å². The summed E-state index contributed by atoms with van der Waals surface area (Å²) in [6.07, 6.45) is 0.737. The second-order valence-electron chi connectivity index (χ2n) is 4.24. The van der Waals surface area contributed by atoms with Crippen molar-refractivity contribution in [1.82, 2.24) is 0 Å². The lowest BCUT2D eigenvalue weighted by Crippen LogP contribution is -2.49. The minimum Gasteiger partial charge on any atom is -0.383 e. The van der Waals surface area contributed by atoms with Crippen molar-refractivity contribution < 1.29 is 9.57 Å². The molecule has 2 heterocycles. The van der Waals surface area contributed by atoms with E-state index in [9.17, 15) is 0 Å². The van der Waals surface area contributed by atoms with E-state index in [-0.39, 0.29) is 5.60 Å². The number of hydrogen-bond acceptors (Lipinski definition) is 3. The zero-order chi connectivity index (χ0) is 11.7. The zero-order valence-corrected chi connectivity index (χ0v) is 9.83. The second kappa shape index (κ2) is 4.06. The van der Waals surface area contributed by atoms with Crippen molar-refractivity contribution in [3.8, 4) is 11.8 Å². The molecule has 0 bridgehead atoms. The maximum atomic E-state index is 5.88. The van der Waals surface area contributed by atoms with Crippen molar-refractivity contribution in [3.63, 3.8) is 0 Å². The van der Waals surface area contributed by atoms with E-state index in [1.807, 2.05) is 24.3 Å². The highest BCUT2D eigenvalue weighted by Crippen LogP contribution is 2.31. The fourth-order valence-corrected chi connectivity index (χ4v) is 1.97.